The van der Waals surface area contributed by atoms with E-state index in [1.165, 1.54) is 18.9 Å². The Kier molecular flexibility index (Phi) is 4.44. The first-order valence-corrected chi connectivity index (χ1v) is 8.10. The van der Waals surface area contributed by atoms with E-state index >= 15 is 0 Å². The molecule has 5 nitrogen and oxygen atoms in total. The maximum absolute atomic E-state index is 12.1. The Morgan fingerprint density at radius 3 is 2.74 bits per heavy atom. The van der Waals surface area contributed by atoms with E-state index in [9.17, 15) is 8.42 Å². The van der Waals surface area contributed by atoms with Gasteiger partial charge in [-0.1, -0.05) is 13.0 Å². The Balaban J connectivity index is 1.90. The number of benzene rings is 1. The minimum absolute atomic E-state index is 0.224. The minimum atomic E-state index is -3.45. The normalized spacial score (nSPS) is 15.9. The Morgan fingerprint density at radius 2 is 2.16 bits per heavy atom. The molecule has 0 amide bonds. The van der Waals surface area contributed by atoms with Gasteiger partial charge >= 0.3 is 0 Å². The van der Waals surface area contributed by atoms with Gasteiger partial charge in [0.1, 0.15) is 0 Å². The van der Waals surface area contributed by atoms with Gasteiger partial charge in [0.25, 0.3) is 0 Å². The molecule has 106 valence electrons. The second-order valence-corrected chi connectivity index (χ2v) is 6.60. The zero-order chi connectivity index (χ0) is 13.9. The van der Waals surface area contributed by atoms with Crippen molar-refractivity contribution in [2.75, 3.05) is 25.4 Å². The minimum Gasteiger partial charge on any atom is -0.399 e. The highest BCUT2D eigenvalue weighted by molar-refractivity contribution is 7.89. The zero-order valence-electron chi connectivity index (χ0n) is 11.2. The second kappa shape index (κ2) is 5.90. The summed E-state index contributed by atoms with van der Waals surface area (Å²) in [4.78, 5) is 2.53. The topological polar surface area (TPSA) is 75.4 Å². The Morgan fingerprint density at radius 1 is 1.42 bits per heavy atom. The number of hydrogen-bond donors (Lipinski definition) is 2. The van der Waals surface area contributed by atoms with Crippen LogP contribution < -0.4 is 10.5 Å². The summed E-state index contributed by atoms with van der Waals surface area (Å²) in [5.74, 6) is 0. The highest BCUT2D eigenvalue weighted by Gasteiger charge is 2.27. The fraction of sp³-hybridized carbons (Fsp3) is 0.538. The molecule has 2 rings (SSSR count). The third-order valence-corrected chi connectivity index (χ3v) is 4.79. The molecule has 0 aromatic heterocycles. The summed E-state index contributed by atoms with van der Waals surface area (Å²) >= 11 is 0. The molecule has 0 atom stereocenters. The quantitative estimate of drug-likeness (QED) is 0.733. The van der Waals surface area contributed by atoms with Crippen molar-refractivity contribution in [3.8, 4) is 0 Å². The van der Waals surface area contributed by atoms with Gasteiger partial charge in [-0.15, -0.1) is 0 Å². The third kappa shape index (κ3) is 3.92. The van der Waals surface area contributed by atoms with Gasteiger partial charge in [0.2, 0.25) is 10.0 Å². The van der Waals surface area contributed by atoms with Crippen molar-refractivity contribution in [3.63, 3.8) is 0 Å². The van der Waals surface area contributed by atoms with E-state index in [0.717, 1.165) is 13.1 Å². The smallest absolute Gasteiger partial charge is 0.240 e. The van der Waals surface area contributed by atoms with Gasteiger partial charge in [-0.05, 0) is 37.6 Å². The van der Waals surface area contributed by atoms with Crippen LogP contribution in [0.15, 0.2) is 29.2 Å². The second-order valence-electron chi connectivity index (χ2n) is 4.83. The van der Waals surface area contributed by atoms with E-state index in [0.29, 0.717) is 18.3 Å². The van der Waals surface area contributed by atoms with Gasteiger partial charge in [-0.3, -0.25) is 4.90 Å². The molecule has 1 aliphatic rings. The standard InChI is InChI=1S/C13H21N3O2S/c1-2-16(12-6-7-12)9-8-15-19(17,18)13-5-3-4-11(14)10-13/h3-5,10,12,15H,2,6-9,14H2,1H3. The van der Waals surface area contributed by atoms with Crippen molar-refractivity contribution >= 4 is 15.7 Å². The molecule has 0 unspecified atom stereocenters. The molecule has 1 aromatic carbocycles. The lowest BCUT2D eigenvalue weighted by atomic mass is 10.3. The van der Waals surface area contributed by atoms with Crippen LogP contribution in [0.1, 0.15) is 19.8 Å². The maximum atomic E-state index is 12.1. The lowest BCUT2D eigenvalue weighted by molar-refractivity contribution is 0.282. The first-order valence-electron chi connectivity index (χ1n) is 6.62. The molecule has 19 heavy (non-hydrogen) atoms. The molecular weight excluding hydrogens is 262 g/mol. The highest BCUT2D eigenvalue weighted by atomic mass is 32.2. The van der Waals surface area contributed by atoms with Gasteiger partial charge in [-0.25, -0.2) is 13.1 Å². The summed E-state index contributed by atoms with van der Waals surface area (Å²) in [7, 11) is -3.45. The Hall–Kier alpha value is -1.11. The van der Waals surface area contributed by atoms with Crippen LogP contribution in [0.5, 0.6) is 0 Å². The lowest BCUT2D eigenvalue weighted by Crippen LogP contribution is -2.36. The van der Waals surface area contributed by atoms with E-state index in [4.69, 9.17) is 5.73 Å². The summed E-state index contributed by atoms with van der Waals surface area (Å²) < 4.78 is 26.7. The number of anilines is 1. The Labute approximate surface area is 114 Å². The summed E-state index contributed by atoms with van der Waals surface area (Å²) in [5.41, 5.74) is 6.06. The first kappa shape index (κ1) is 14.3. The molecule has 0 aliphatic heterocycles. The van der Waals surface area contributed by atoms with Gasteiger partial charge in [0.05, 0.1) is 4.90 Å². The average molecular weight is 283 g/mol. The van der Waals surface area contributed by atoms with Crippen LogP contribution in [0, 0.1) is 0 Å². The van der Waals surface area contributed by atoms with Crippen LogP contribution in [0.3, 0.4) is 0 Å². The maximum Gasteiger partial charge on any atom is 0.240 e. The molecule has 0 saturated heterocycles. The number of rotatable bonds is 7. The van der Waals surface area contributed by atoms with E-state index in [1.807, 2.05) is 0 Å². The molecule has 1 aliphatic carbocycles. The monoisotopic (exact) mass is 283 g/mol. The number of nitrogens with zero attached hydrogens (tertiary/aromatic N) is 1. The molecule has 0 bridgehead atoms. The molecule has 1 fully saturated rings. The summed E-state index contributed by atoms with van der Waals surface area (Å²) in [6.07, 6.45) is 2.46. The fourth-order valence-electron chi connectivity index (χ4n) is 2.13. The van der Waals surface area contributed by atoms with Crippen molar-refractivity contribution in [2.24, 2.45) is 0 Å². The number of nitrogens with two attached hydrogens (primary N) is 1. The lowest BCUT2D eigenvalue weighted by Gasteiger charge is -2.19. The largest absolute Gasteiger partial charge is 0.399 e. The molecule has 0 radical (unpaired) electrons. The molecule has 0 spiro atoms. The van der Waals surface area contributed by atoms with Crippen LogP contribution in [0.2, 0.25) is 0 Å². The summed E-state index contributed by atoms with van der Waals surface area (Å²) in [6.45, 7) is 4.25. The molecule has 0 heterocycles. The van der Waals surface area contributed by atoms with E-state index in [2.05, 4.69) is 16.5 Å². The number of likely N-dealkylation sites (N-methyl/N-ethyl adjacent to an activating group) is 1. The number of hydrogen-bond acceptors (Lipinski definition) is 4. The van der Waals surface area contributed by atoms with E-state index in [-0.39, 0.29) is 4.90 Å². The SMILES string of the molecule is CCN(CCNS(=O)(=O)c1cccc(N)c1)C1CC1. The predicted molar refractivity (Wildman–Crippen MR) is 76.3 cm³/mol. The molecule has 3 N–H and O–H groups in total. The van der Waals surface area contributed by atoms with Gasteiger partial charge < -0.3 is 5.73 Å². The van der Waals surface area contributed by atoms with Crippen molar-refractivity contribution in [1.29, 1.82) is 0 Å². The highest BCUT2D eigenvalue weighted by Crippen LogP contribution is 2.25. The van der Waals surface area contributed by atoms with E-state index in [1.54, 1.807) is 18.2 Å². The van der Waals surface area contributed by atoms with Crippen molar-refractivity contribution < 1.29 is 8.42 Å². The summed E-state index contributed by atoms with van der Waals surface area (Å²) in [6, 6.07) is 7.00. The molecule has 1 aromatic rings. The predicted octanol–water partition coefficient (Wildman–Crippen LogP) is 1.03. The third-order valence-electron chi connectivity index (χ3n) is 3.33. The van der Waals surface area contributed by atoms with Gasteiger partial charge in [0.15, 0.2) is 0 Å². The summed E-state index contributed by atoms with van der Waals surface area (Å²) in [5, 5.41) is 0. The van der Waals surface area contributed by atoms with Crippen LogP contribution in [-0.4, -0.2) is 39.0 Å². The van der Waals surface area contributed by atoms with Crippen molar-refractivity contribution in [1.82, 2.24) is 9.62 Å². The zero-order valence-corrected chi connectivity index (χ0v) is 12.0. The van der Waals surface area contributed by atoms with Crippen LogP contribution in [0.4, 0.5) is 5.69 Å². The fourth-order valence-corrected chi connectivity index (χ4v) is 3.20. The molecule has 6 heteroatoms. The van der Waals surface area contributed by atoms with Gasteiger partial charge in [-0.2, -0.15) is 0 Å². The molecular formula is C13H21N3O2S. The number of nitrogens with one attached hydrogen (secondary N) is 1. The molecule has 1 saturated carbocycles. The van der Waals surface area contributed by atoms with Crippen LogP contribution in [-0.2, 0) is 10.0 Å². The first-order chi connectivity index (χ1) is 9.03. The van der Waals surface area contributed by atoms with Crippen LogP contribution >= 0.6 is 0 Å². The van der Waals surface area contributed by atoms with Crippen molar-refractivity contribution in [3.05, 3.63) is 24.3 Å². The number of nitrogen functional groups attached to an aromatic ring is 1. The van der Waals surface area contributed by atoms with Gasteiger partial charge in [0, 0.05) is 24.8 Å². The number of sulfonamides is 1. The Bertz CT molecular complexity index is 526. The average Bonchev–Trinajstić information content (AvgIpc) is 3.19. The van der Waals surface area contributed by atoms with Crippen molar-refractivity contribution in [2.45, 2.75) is 30.7 Å². The van der Waals surface area contributed by atoms with E-state index < -0.39 is 10.0 Å². The van der Waals surface area contributed by atoms with Crippen LogP contribution in [0.25, 0.3) is 0 Å².